The van der Waals surface area contributed by atoms with E-state index in [9.17, 15) is 5.11 Å². The lowest BCUT2D eigenvalue weighted by molar-refractivity contribution is 0.0570. The van der Waals surface area contributed by atoms with Gasteiger partial charge in [-0.1, -0.05) is 29.3 Å². The summed E-state index contributed by atoms with van der Waals surface area (Å²) < 4.78 is 27.8. The summed E-state index contributed by atoms with van der Waals surface area (Å²) >= 11 is 12.1. The minimum atomic E-state index is -1.01. The first-order valence-electron chi connectivity index (χ1n) is 10.7. The number of halogens is 3. The minimum absolute atomic E-state index is 0.0135. The number of nitrogens with one attached hydrogen (secondary N) is 2. The Kier molecular flexibility index (Phi) is 8.04. The summed E-state index contributed by atoms with van der Waals surface area (Å²) in [5.41, 5.74) is 0.763. The molecule has 0 fully saturated rings. The predicted molar refractivity (Wildman–Crippen MR) is 135 cm³/mol. The van der Waals surface area contributed by atoms with Crippen LogP contribution >= 0.6 is 23.2 Å². The molecule has 0 atom stereocenters. The van der Waals surface area contributed by atoms with Crippen molar-refractivity contribution in [3.63, 3.8) is 0 Å². The summed E-state index contributed by atoms with van der Waals surface area (Å²) in [6, 6.07) is 8.99. The molecule has 0 aliphatic carbocycles. The molecular weight excluding hydrogens is 508 g/mol. The van der Waals surface area contributed by atoms with Crippen LogP contribution in [0, 0.1) is 41.8 Å². The molecule has 3 aromatic rings. The van der Waals surface area contributed by atoms with Gasteiger partial charge in [-0.25, -0.2) is 4.39 Å². The van der Waals surface area contributed by atoms with Gasteiger partial charge in [-0.3, -0.25) is 15.5 Å². The van der Waals surface area contributed by atoms with Crippen LogP contribution in [0.3, 0.4) is 0 Å². The second-order valence-corrected chi connectivity index (χ2v) is 9.63. The standard InChI is InChI=1S/C25H24Cl2FN5O3/c1-13-21(14(2)33(32-13)12-25(3,4)34)24(31)36-20(30)9-16-5-6-19(27)23(22(16)28)35-18-8-15(11-29)7-17(26)10-18/h5-8,10,30-31,34H,9,12H2,1-4H3. The third-order valence-electron chi connectivity index (χ3n) is 5.07. The van der Waals surface area contributed by atoms with Crippen molar-refractivity contribution < 1.29 is 19.0 Å². The first kappa shape index (κ1) is 27.1. The van der Waals surface area contributed by atoms with E-state index in [4.69, 9.17) is 48.8 Å². The lowest BCUT2D eigenvalue weighted by Gasteiger charge is -2.18. The zero-order valence-electron chi connectivity index (χ0n) is 20.0. The summed E-state index contributed by atoms with van der Waals surface area (Å²) in [4.78, 5) is 0. The highest BCUT2D eigenvalue weighted by atomic mass is 35.5. The van der Waals surface area contributed by atoms with E-state index in [1.54, 1.807) is 32.4 Å². The van der Waals surface area contributed by atoms with E-state index < -0.39 is 11.4 Å². The Labute approximate surface area is 217 Å². The highest BCUT2D eigenvalue weighted by molar-refractivity contribution is 6.32. The molecule has 0 saturated carbocycles. The van der Waals surface area contributed by atoms with Crippen molar-refractivity contribution in [1.82, 2.24) is 9.78 Å². The van der Waals surface area contributed by atoms with Gasteiger partial charge in [0.05, 0.1) is 46.5 Å². The van der Waals surface area contributed by atoms with E-state index in [2.05, 4.69) is 5.10 Å². The maximum atomic E-state index is 15.3. The van der Waals surface area contributed by atoms with Crippen LogP contribution in [0.1, 0.15) is 41.9 Å². The second-order valence-electron chi connectivity index (χ2n) is 8.79. The molecule has 0 amide bonds. The molecular formula is C25H24Cl2FN5O3. The van der Waals surface area contributed by atoms with Crippen LogP contribution in [-0.4, -0.2) is 32.3 Å². The number of hydrogen-bond acceptors (Lipinski definition) is 7. The predicted octanol–water partition coefficient (Wildman–Crippen LogP) is 5.94. The number of aromatic nitrogens is 2. The molecule has 0 unspecified atom stereocenters. The second kappa shape index (κ2) is 10.7. The fourth-order valence-electron chi connectivity index (χ4n) is 3.54. The molecule has 0 bridgehead atoms. The Morgan fingerprint density at radius 1 is 1.22 bits per heavy atom. The van der Waals surface area contributed by atoms with E-state index in [-0.39, 0.29) is 57.4 Å². The van der Waals surface area contributed by atoms with Gasteiger partial charge in [0, 0.05) is 16.3 Å². The first-order valence-corrected chi connectivity index (χ1v) is 11.5. The SMILES string of the molecule is Cc1nn(CC(C)(C)O)c(C)c1C(=N)OC(=N)Cc1ccc(Cl)c(Oc2cc(Cl)cc(C#N)c2)c1F. The topological polar surface area (TPSA) is 128 Å². The largest absolute Gasteiger partial charge is 0.453 e. The molecule has 0 radical (unpaired) electrons. The molecule has 0 spiro atoms. The van der Waals surface area contributed by atoms with Crippen molar-refractivity contribution in [3.8, 4) is 17.6 Å². The quantitative estimate of drug-likeness (QED) is 0.256. The van der Waals surface area contributed by atoms with Crippen molar-refractivity contribution in [2.24, 2.45) is 0 Å². The Morgan fingerprint density at radius 3 is 2.56 bits per heavy atom. The van der Waals surface area contributed by atoms with Crippen molar-refractivity contribution in [2.75, 3.05) is 0 Å². The minimum Gasteiger partial charge on any atom is -0.453 e. The van der Waals surface area contributed by atoms with Crippen molar-refractivity contribution >= 4 is 35.0 Å². The molecule has 2 aromatic carbocycles. The number of nitrogens with zero attached hydrogens (tertiary/aromatic N) is 3. The summed E-state index contributed by atoms with van der Waals surface area (Å²) in [5.74, 6) is -1.67. The zero-order chi connectivity index (χ0) is 26.8. The van der Waals surface area contributed by atoms with E-state index in [0.29, 0.717) is 17.0 Å². The smallest absolute Gasteiger partial charge is 0.224 e. The van der Waals surface area contributed by atoms with Crippen LogP contribution in [-0.2, 0) is 17.7 Å². The lowest BCUT2D eigenvalue weighted by Crippen LogP contribution is -2.27. The van der Waals surface area contributed by atoms with Crippen LogP contribution in [0.15, 0.2) is 30.3 Å². The molecule has 8 nitrogen and oxygen atoms in total. The fourth-order valence-corrected chi connectivity index (χ4v) is 3.95. The molecule has 1 aromatic heterocycles. The van der Waals surface area contributed by atoms with E-state index in [1.165, 1.54) is 30.3 Å². The van der Waals surface area contributed by atoms with Gasteiger partial charge in [0.1, 0.15) is 5.75 Å². The fraction of sp³-hybridized carbons (Fsp3) is 0.280. The van der Waals surface area contributed by atoms with Gasteiger partial charge in [0.2, 0.25) is 5.90 Å². The third kappa shape index (κ3) is 6.40. The first-order chi connectivity index (χ1) is 16.8. The third-order valence-corrected chi connectivity index (χ3v) is 5.59. The average molecular weight is 532 g/mol. The Balaban J connectivity index is 1.79. The maximum Gasteiger partial charge on any atom is 0.224 e. The number of nitriles is 1. The highest BCUT2D eigenvalue weighted by Gasteiger charge is 2.23. The van der Waals surface area contributed by atoms with Gasteiger partial charge < -0.3 is 14.6 Å². The average Bonchev–Trinajstić information content (AvgIpc) is 3.03. The van der Waals surface area contributed by atoms with Crippen LogP contribution in [0.2, 0.25) is 10.0 Å². The highest BCUT2D eigenvalue weighted by Crippen LogP contribution is 2.35. The Morgan fingerprint density at radius 2 is 1.92 bits per heavy atom. The van der Waals surface area contributed by atoms with Crippen molar-refractivity contribution in [1.29, 1.82) is 16.1 Å². The summed E-state index contributed by atoms with van der Waals surface area (Å²) in [7, 11) is 0. The number of ether oxygens (including phenoxy) is 2. The summed E-state index contributed by atoms with van der Waals surface area (Å²) in [6.45, 7) is 6.94. The van der Waals surface area contributed by atoms with Crippen molar-refractivity contribution in [3.05, 3.63) is 74.3 Å². The van der Waals surface area contributed by atoms with Gasteiger partial charge in [0.25, 0.3) is 0 Å². The van der Waals surface area contributed by atoms with Crippen LogP contribution in [0.4, 0.5) is 4.39 Å². The summed E-state index contributed by atoms with van der Waals surface area (Å²) in [5, 5.41) is 40.3. The monoisotopic (exact) mass is 531 g/mol. The van der Waals surface area contributed by atoms with Crippen LogP contribution in [0.5, 0.6) is 11.5 Å². The Bertz CT molecular complexity index is 1390. The number of hydrogen-bond donors (Lipinski definition) is 3. The number of aliphatic hydroxyl groups is 1. The molecule has 3 N–H and O–H groups in total. The molecule has 36 heavy (non-hydrogen) atoms. The number of benzene rings is 2. The molecule has 188 valence electrons. The van der Waals surface area contributed by atoms with Gasteiger partial charge in [-0.05, 0) is 52.0 Å². The summed E-state index contributed by atoms with van der Waals surface area (Å²) in [6.07, 6.45) is -0.281. The van der Waals surface area contributed by atoms with E-state index in [0.717, 1.165) is 0 Å². The number of rotatable bonds is 7. The molecule has 0 aliphatic rings. The van der Waals surface area contributed by atoms with Crippen LogP contribution < -0.4 is 4.74 Å². The molecule has 3 rings (SSSR count). The van der Waals surface area contributed by atoms with Gasteiger partial charge in [0.15, 0.2) is 17.5 Å². The maximum absolute atomic E-state index is 15.3. The van der Waals surface area contributed by atoms with E-state index >= 15 is 4.39 Å². The Hall–Kier alpha value is -3.45. The number of aryl methyl sites for hydroxylation is 1. The zero-order valence-corrected chi connectivity index (χ0v) is 21.6. The van der Waals surface area contributed by atoms with Gasteiger partial charge >= 0.3 is 0 Å². The molecule has 0 saturated heterocycles. The van der Waals surface area contributed by atoms with Crippen LogP contribution in [0.25, 0.3) is 0 Å². The van der Waals surface area contributed by atoms with Gasteiger partial charge in [-0.15, -0.1) is 0 Å². The van der Waals surface area contributed by atoms with Crippen molar-refractivity contribution in [2.45, 2.75) is 46.3 Å². The molecule has 1 heterocycles. The normalized spacial score (nSPS) is 11.2. The molecule has 0 aliphatic heterocycles. The van der Waals surface area contributed by atoms with Gasteiger partial charge in [-0.2, -0.15) is 10.4 Å². The van der Waals surface area contributed by atoms with E-state index in [1.807, 2.05) is 6.07 Å². The lowest BCUT2D eigenvalue weighted by atomic mass is 10.1. The molecule has 11 heteroatoms.